The molecule has 0 unspecified atom stereocenters. The number of methoxy groups -OCH3 is 1. The second kappa shape index (κ2) is 6.90. The van der Waals surface area contributed by atoms with Gasteiger partial charge in [0.1, 0.15) is 16.7 Å². The van der Waals surface area contributed by atoms with Crippen LogP contribution in [0, 0.1) is 11.3 Å². The van der Waals surface area contributed by atoms with Crippen molar-refractivity contribution in [2.45, 2.75) is 19.8 Å². The fourth-order valence-electron chi connectivity index (χ4n) is 3.02. The molecule has 2 aliphatic rings. The second-order valence-corrected chi connectivity index (χ2v) is 7.20. The average Bonchev–Trinajstić information content (AvgIpc) is 3.18. The quantitative estimate of drug-likeness (QED) is 0.773. The highest BCUT2D eigenvalue weighted by atomic mass is 35.5. The first-order valence-electron chi connectivity index (χ1n) is 7.59. The average molecular weight is 389 g/mol. The molecule has 2 heterocycles. The van der Waals surface area contributed by atoms with Gasteiger partial charge in [0, 0.05) is 17.7 Å². The van der Waals surface area contributed by atoms with Crippen molar-refractivity contribution in [3.05, 3.63) is 55.1 Å². The molecule has 1 aliphatic heterocycles. The first-order valence-corrected chi connectivity index (χ1v) is 8.78. The van der Waals surface area contributed by atoms with E-state index in [1.54, 1.807) is 19.1 Å². The molecule has 0 radical (unpaired) electrons. The molecule has 1 aliphatic carbocycles. The minimum Gasteiger partial charge on any atom is -0.495 e. The number of hydrogen-bond donors (Lipinski definition) is 1. The van der Waals surface area contributed by atoms with Gasteiger partial charge in [-0.25, -0.2) is 0 Å². The van der Waals surface area contributed by atoms with Gasteiger partial charge in [-0.3, -0.25) is 14.6 Å². The largest absolute Gasteiger partial charge is 0.495 e. The monoisotopic (exact) mass is 388 g/mol. The molecular formula is C18H13ClN2O4S. The maximum absolute atomic E-state index is 13.2. The normalized spacial score (nSPS) is 16.5. The van der Waals surface area contributed by atoms with Crippen molar-refractivity contribution in [2.24, 2.45) is 4.99 Å². The summed E-state index contributed by atoms with van der Waals surface area (Å²) in [5, 5.41) is 18.6. The minimum atomic E-state index is -1.02. The molecule has 26 heavy (non-hydrogen) atoms. The molecule has 0 saturated heterocycles. The Morgan fingerprint density at radius 1 is 1.46 bits per heavy atom. The van der Waals surface area contributed by atoms with Crippen LogP contribution in [-0.2, 0) is 9.53 Å². The van der Waals surface area contributed by atoms with Crippen molar-refractivity contribution >= 4 is 40.4 Å². The van der Waals surface area contributed by atoms with Crippen LogP contribution in [0.5, 0.6) is 0 Å². The summed E-state index contributed by atoms with van der Waals surface area (Å²) in [5.41, 5.74) is 2.26. The molecule has 0 amide bonds. The number of nitrogens with zero attached hydrogens (tertiary/aromatic N) is 2. The summed E-state index contributed by atoms with van der Waals surface area (Å²) in [7, 11) is 1.41. The number of Topliss-reactive ketones (excluding diaryl/α,β-unsaturated/α-hetero) is 1. The lowest BCUT2D eigenvalue weighted by atomic mass is 9.86. The summed E-state index contributed by atoms with van der Waals surface area (Å²) in [6.07, 6.45) is 0.0125. The van der Waals surface area contributed by atoms with Gasteiger partial charge in [0.2, 0.25) is 5.78 Å². The lowest BCUT2D eigenvalue weighted by Crippen LogP contribution is -2.20. The topological polar surface area (TPSA) is 99.8 Å². The van der Waals surface area contributed by atoms with Crippen molar-refractivity contribution < 1.29 is 19.4 Å². The van der Waals surface area contributed by atoms with Crippen molar-refractivity contribution in [2.75, 3.05) is 7.11 Å². The molecule has 0 saturated carbocycles. The predicted molar refractivity (Wildman–Crippen MR) is 97.3 cm³/mol. The maximum Gasteiger partial charge on any atom is 0.307 e. The van der Waals surface area contributed by atoms with Crippen molar-refractivity contribution in [3.63, 3.8) is 0 Å². The SMILES string of the molecule is COC1=C(Cl)CC2=NC(C)=C(CC(=O)O)C2=C1C(=O)c1ccc(C#N)s1. The van der Waals surface area contributed by atoms with Crippen LogP contribution in [0.2, 0.25) is 0 Å². The van der Waals surface area contributed by atoms with Crippen LogP contribution >= 0.6 is 22.9 Å². The Labute approximate surface area is 158 Å². The lowest BCUT2D eigenvalue weighted by molar-refractivity contribution is -0.136. The first kappa shape index (κ1) is 18.1. The van der Waals surface area contributed by atoms with Gasteiger partial charge in [0.15, 0.2) is 0 Å². The van der Waals surface area contributed by atoms with Crippen LogP contribution in [0.4, 0.5) is 0 Å². The Bertz CT molecular complexity index is 1000. The van der Waals surface area contributed by atoms with E-state index in [0.29, 0.717) is 37.3 Å². The number of carbonyl (C=O) groups is 2. The number of rotatable bonds is 5. The van der Waals surface area contributed by atoms with Crippen LogP contribution < -0.4 is 0 Å². The molecule has 1 aromatic rings. The van der Waals surface area contributed by atoms with E-state index in [9.17, 15) is 14.7 Å². The Hall–Kier alpha value is -2.69. The Balaban J connectivity index is 2.22. The van der Waals surface area contributed by atoms with Gasteiger partial charge in [-0.1, -0.05) is 11.6 Å². The number of hydrogen-bond acceptors (Lipinski definition) is 6. The van der Waals surface area contributed by atoms with Crippen LogP contribution in [0.3, 0.4) is 0 Å². The van der Waals surface area contributed by atoms with E-state index in [1.807, 2.05) is 6.07 Å². The van der Waals surface area contributed by atoms with E-state index in [1.165, 1.54) is 7.11 Å². The van der Waals surface area contributed by atoms with E-state index in [0.717, 1.165) is 11.3 Å². The highest BCUT2D eigenvalue weighted by Gasteiger charge is 2.37. The zero-order valence-corrected chi connectivity index (χ0v) is 15.5. The Morgan fingerprint density at radius 3 is 2.77 bits per heavy atom. The number of fused-ring (bicyclic) bond motifs is 1. The third kappa shape index (κ3) is 2.98. The third-order valence-corrected chi connectivity index (χ3v) is 5.37. The molecule has 1 N–H and O–H groups in total. The molecule has 132 valence electrons. The summed E-state index contributed by atoms with van der Waals surface area (Å²) in [6.45, 7) is 1.71. The number of halogens is 1. The number of carbonyl (C=O) groups excluding carboxylic acids is 1. The third-order valence-electron chi connectivity index (χ3n) is 4.08. The number of carboxylic acid groups (broad SMARTS) is 1. The van der Waals surface area contributed by atoms with Gasteiger partial charge in [0.25, 0.3) is 0 Å². The summed E-state index contributed by atoms with van der Waals surface area (Å²) < 4.78 is 5.37. The van der Waals surface area contributed by atoms with Crippen LogP contribution in [-0.4, -0.2) is 29.7 Å². The lowest BCUT2D eigenvalue weighted by Gasteiger charge is -2.22. The second-order valence-electron chi connectivity index (χ2n) is 5.66. The molecule has 0 bridgehead atoms. The molecule has 0 fully saturated rings. The highest BCUT2D eigenvalue weighted by Crippen LogP contribution is 2.42. The van der Waals surface area contributed by atoms with Crippen LogP contribution in [0.15, 0.2) is 50.3 Å². The van der Waals surface area contributed by atoms with Gasteiger partial charge in [-0.05, 0) is 24.6 Å². The molecule has 0 spiro atoms. The van der Waals surface area contributed by atoms with Gasteiger partial charge in [-0.2, -0.15) is 5.26 Å². The number of thiophene rings is 1. The van der Waals surface area contributed by atoms with Gasteiger partial charge in [-0.15, -0.1) is 11.3 Å². The summed E-state index contributed by atoms with van der Waals surface area (Å²) in [6, 6.07) is 5.12. The van der Waals surface area contributed by atoms with Crippen LogP contribution in [0.25, 0.3) is 0 Å². The number of nitriles is 1. The van der Waals surface area contributed by atoms with E-state index in [2.05, 4.69) is 4.99 Å². The standard InChI is InChI=1S/C18H13ClN2O4S/c1-8-10(5-14(22)23)15-12(21-8)6-11(19)18(25-2)16(15)17(24)13-4-3-9(7-20)26-13/h3-4H,5-6H2,1-2H3,(H,22,23). The molecule has 0 atom stereocenters. The summed E-state index contributed by atoms with van der Waals surface area (Å²) in [5.74, 6) is -1.17. The van der Waals surface area contributed by atoms with Gasteiger partial charge in [0.05, 0.1) is 34.7 Å². The van der Waals surface area contributed by atoms with Gasteiger partial charge >= 0.3 is 5.97 Å². The predicted octanol–water partition coefficient (Wildman–Crippen LogP) is 3.80. The van der Waals surface area contributed by atoms with Gasteiger partial charge < -0.3 is 9.84 Å². The number of aliphatic carboxylic acids is 1. The van der Waals surface area contributed by atoms with Crippen molar-refractivity contribution in [1.29, 1.82) is 5.26 Å². The van der Waals surface area contributed by atoms with E-state index < -0.39 is 5.97 Å². The zero-order chi connectivity index (χ0) is 19.0. The number of ether oxygens (including phenoxy) is 1. The van der Waals surface area contributed by atoms with E-state index in [-0.39, 0.29) is 30.0 Å². The minimum absolute atomic E-state index is 0.196. The number of allylic oxidation sites excluding steroid dienone is 4. The summed E-state index contributed by atoms with van der Waals surface area (Å²) in [4.78, 5) is 29.6. The number of ketones is 1. The molecule has 8 heteroatoms. The fourth-order valence-corrected chi connectivity index (χ4v) is 4.07. The number of carboxylic acids is 1. The van der Waals surface area contributed by atoms with E-state index >= 15 is 0 Å². The first-order chi connectivity index (χ1) is 12.4. The Morgan fingerprint density at radius 2 is 2.19 bits per heavy atom. The van der Waals surface area contributed by atoms with E-state index in [4.69, 9.17) is 21.6 Å². The van der Waals surface area contributed by atoms with Crippen molar-refractivity contribution in [3.8, 4) is 6.07 Å². The Kier molecular flexibility index (Phi) is 4.81. The molecular weight excluding hydrogens is 376 g/mol. The molecule has 3 rings (SSSR count). The van der Waals surface area contributed by atoms with Crippen molar-refractivity contribution in [1.82, 2.24) is 0 Å². The summed E-state index contributed by atoms with van der Waals surface area (Å²) >= 11 is 7.37. The molecule has 1 aromatic heterocycles. The smallest absolute Gasteiger partial charge is 0.307 e. The highest BCUT2D eigenvalue weighted by molar-refractivity contribution is 7.14. The maximum atomic E-state index is 13.2. The fraction of sp³-hybridized carbons (Fsp3) is 0.222. The zero-order valence-electron chi connectivity index (χ0n) is 13.9. The molecule has 0 aromatic carbocycles. The van der Waals surface area contributed by atoms with Crippen LogP contribution in [0.1, 0.15) is 34.3 Å². The number of aliphatic imine (C=N–C) groups is 1. The molecule has 6 nitrogen and oxygen atoms in total.